The minimum Gasteiger partial charge on any atom is -0.354 e. The molecule has 0 atom stereocenters. The van der Waals surface area contributed by atoms with Gasteiger partial charge in [-0.05, 0) is 13.5 Å². The molecule has 1 heterocycles. The molecular weight excluding hydrogens is 262 g/mol. The third kappa shape index (κ3) is 5.49. The zero-order valence-electron chi connectivity index (χ0n) is 11.3. The molecule has 0 aliphatic rings. The van der Waals surface area contributed by atoms with Crippen molar-refractivity contribution in [1.29, 1.82) is 0 Å². The van der Waals surface area contributed by atoms with Gasteiger partial charge in [0.25, 0.3) is 0 Å². The first-order chi connectivity index (χ1) is 9.52. The molecule has 0 saturated carbocycles. The molecule has 8 nitrogen and oxygen atoms in total. The third-order valence-corrected chi connectivity index (χ3v) is 2.54. The number of nitro groups is 1. The summed E-state index contributed by atoms with van der Waals surface area (Å²) in [7, 11) is 1.91. The van der Waals surface area contributed by atoms with Crippen LogP contribution in [-0.4, -0.2) is 52.2 Å². The highest BCUT2D eigenvalue weighted by molar-refractivity contribution is 5.75. The highest BCUT2D eigenvalue weighted by Crippen LogP contribution is 2.07. The molecular formula is C12H17N5O3. The summed E-state index contributed by atoms with van der Waals surface area (Å²) in [6.45, 7) is 1.85. The second kappa shape index (κ2) is 7.91. The highest BCUT2D eigenvalue weighted by atomic mass is 16.6. The van der Waals surface area contributed by atoms with Gasteiger partial charge in [-0.1, -0.05) is 5.92 Å². The van der Waals surface area contributed by atoms with E-state index in [1.807, 2.05) is 11.9 Å². The predicted octanol–water partition coefficient (Wildman–Crippen LogP) is -0.137. The molecule has 0 aliphatic heterocycles. The van der Waals surface area contributed by atoms with Crippen LogP contribution in [0.25, 0.3) is 0 Å². The molecule has 0 unspecified atom stereocenters. The Hall–Kier alpha value is -2.40. The van der Waals surface area contributed by atoms with Crippen molar-refractivity contribution < 1.29 is 9.72 Å². The summed E-state index contributed by atoms with van der Waals surface area (Å²) >= 11 is 0. The zero-order valence-corrected chi connectivity index (χ0v) is 11.3. The summed E-state index contributed by atoms with van der Waals surface area (Å²) in [5.41, 5.74) is -0.131. The van der Waals surface area contributed by atoms with Crippen molar-refractivity contribution >= 4 is 11.6 Å². The van der Waals surface area contributed by atoms with Crippen molar-refractivity contribution in [3.63, 3.8) is 0 Å². The van der Waals surface area contributed by atoms with Crippen molar-refractivity contribution in [3.8, 4) is 12.3 Å². The minimum atomic E-state index is -0.553. The molecule has 20 heavy (non-hydrogen) atoms. The Balaban J connectivity index is 2.23. The molecule has 0 radical (unpaired) electrons. The Bertz CT molecular complexity index is 505. The summed E-state index contributed by atoms with van der Waals surface area (Å²) in [6.07, 6.45) is 8.29. The lowest BCUT2D eigenvalue weighted by molar-refractivity contribution is -0.385. The van der Waals surface area contributed by atoms with Gasteiger partial charge in [0, 0.05) is 13.1 Å². The third-order valence-electron chi connectivity index (χ3n) is 2.54. The van der Waals surface area contributed by atoms with Crippen LogP contribution >= 0.6 is 0 Å². The largest absolute Gasteiger partial charge is 0.354 e. The van der Waals surface area contributed by atoms with E-state index in [0.717, 1.165) is 19.2 Å². The fraction of sp³-hybridized carbons (Fsp3) is 0.500. The van der Waals surface area contributed by atoms with Gasteiger partial charge < -0.3 is 5.32 Å². The van der Waals surface area contributed by atoms with E-state index in [1.54, 1.807) is 0 Å². The lowest BCUT2D eigenvalue weighted by Gasteiger charge is -2.12. The summed E-state index contributed by atoms with van der Waals surface area (Å²) in [5, 5.41) is 16.9. The van der Waals surface area contributed by atoms with Crippen LogP contribution in [0.1, 0.15) is 6.42 Å². The van der Waals surface area contributed by atoms with E-state index in [9.17, 15) is 14.9 Å². The fourth-order valence-corrected chi connectivity index (χ4v) is 1.55. The Morgan fingerprint density at radius 3 is 3.05 bits per heavy atom. The van der Waals surface area contributed by atoms with Gasteiger partial charge in [0.15, 0.2) is 0 Å². The van der Waals surface area contributed by atoms with E-state index in [2.05, 4.69) is 16.3 Å². The Morgan fingerprint density at radius 2 is 2.45 bits per heavy atom. The molecule has 1 amide bonds. The van der Waals surface area contributed by atoms with Gasteiger partial charge >= 0.3 is 5.69 Å². The summed E-state index contributed by atoms with van der Waals surface area (Å²) in [5.74, 6) is 2.30. The number of amides is 1. The van der Waals surface area contributed by atoms with Gasteiger partial charge in [-0.25, -0.2) is 0 Å². The highest BCUT2D eigenvalue weighted by Gasteiger charge is 2.10. The molecule has 0 saturated heterocycles. The van der Waals surface area contributed by atoms with Crippen LogP contribution in [0.2, 0.25) is 0 Å². The first-order valence-corrected chi connectivity index (χ1v) is 6.08. The number of carbonyl (C=O) groups excluding carboxylic acids is 1. The summed E-state index contributed by atoms with van der Waals surface area (Å²) < 4.78 is 1.23. The van der Waals surface area contributed by atoms with E-state index in [-0.39, 0.29) is 18.1 Å². The second-order valence-corrected chi connectivity index (χ2v) is 4.30. The van der Waals surface area contributed by atoms with Crippen molar-refractivity contribution in [2.75, 3.05) is 26.7 Å². The van der Waals surface area contributed by atoms with Gasteiger partial charge in [0.1, 0.15) is 18.9 Å². The molecule has 108 valence electrons. The number of nitrogens with one attached hydrogen (secondary N) is 1. The van der Waals surface area contributed by atoms with Crippen LogP contribution in [0.4, 0.5) is 5.69 Å². The normalized spacial score (nSPS) is 10.2. The van der Waals surface area contributed by atoms with Gasteiger partial charge in [-0.15, -0.1) is 6.42 Å². The number of carbonyl (C=O) groups is 1. The molecule has 1 aromatic rings. The van der Waals surface area contributed by atoms with E-state index < -0.39 is 4.92 Å². The molecule has 0 aliphatic carbocycles. The number of hydrogen-bond donors (Lipinski definition) is 1. The van der Waals surface area contributed by atoms with Gasteiger partial charge in [0.05, 0.1) is 11.5 Å². The number of rotatable bonds is 8. The molecule has 0 fully saturated rings. The lowest BCUT2D eigenvalue weighted by atomic mass is 10.4. The van der Waals surface area contributed by atoms with Crippen LogP contribution in [-0.2, 0) is 11.3 Å². The Kier molecular flexibility index (Phi) is 6.19. The zero-order chi connectivity index (χ0) is 15.0. The van der Waals surface area contributed by atoms with Crippen LogP contribution in [0.15, 0.2) is 12.4 Å². The molecule has 0 spiro atoms. The van der Waals surface area contributed by atoms with Crippen molar-refractivity contribution in [2.24, 2.45) is 0 Å². The van der Waals surface area contributed by atoms with E-state index in [1.165, 1.54) is 10.9 Å². The smallest absolute Gasteiger partial charge is 0.307 e. The maximum atomic E-state index is 11.6. The first kappa shape index (κ1) is 15.7. The van der Waals surface area contributed by atoms with E-state index >= 15 is 0 Å². The lowest BCUT2D eigenvalue weighted by Crippen LogP contribution is -2.31. The van der Waals surface area contributed by atoms with Crippen molar-refractivity contribution in [2.45, 2.75) is 13.0 Å². The molecule has 8 heteroatoms. The van der Waals surface area contributed by atoms with Crippen molar-refractivity contribution in [3.05, 3.63) is 22.5 Å². The van der Waals surface area contributed by atoms with E-state index in [0.29, 0.717) is 13.1 Å². The fourth-order valence-electron chi connectivity index (χ4n) is 1.55. The topological polar surface area (TPSA) is 93.3 Å². The SMILES string of the molecule is C#CCN(C)CCCNC(=O)Cn1cc([N+](=O)[O-])cn1. The molecule has 1 rings (SSSR count). The maximum absolute atomic E-state index is 11.6. The second-order valence-electron chi connectivity index (χ2n) is 4.30. The van der Waals surface area contributed by atoms with Gasteiger partial charge in [-0.2, -0.15) is 5.10 Å². The maximum Gasteiger partial charge on any atom is 0.307 e. The number of nitrogens with zero attached hydrogens (tertiary/aromatic N) is 4. The average Bonchev–Trinajstić information content (AvgIpc) is 2.83. The quantitative estimate of drug-likeness (QED) is 0.309. The summed E-state index contributed by atoms with van der Waals surface area (Å²) in [6, 6.07) is 0. The number of terminal acetylenes is 1. The first-order valence-electron chi connectivity index (χ1n) is 6.08. The predicted molar refractivity (Wildman–Crippen MR) is 72.8 cm³/mol. The van der Waals surface area contributed by atoms with Crippen LogP contribution in [0.3, 0.4) is 0 Å². The number of aromatic nitrogens is 2. The molecule has 1 aromatic heterocycles. The van der Waals surface area contributed by atoms with Crippen LogP contribution in [0, 0.1) is 22.5 Å². The van der Waals surface area contributed by atoms with Crippen molar-refractivity contribution in [1.82, 2.24) is 20.0 Å². The number of hydrogen-bond acceptors (Lipinski definition) is 5. The Morgan fingerprint density at radius 1 is 1.70 bits per heavy atom. The average molecular weight is 279 g/mol. The standard InChI is InChI=1S/C12H17N5O3/c1-3-6-15(2)7-4-5-13-12(18)10-16-9-11(8-14-16)17(19)20/h1,8-9H,4-7,10H2,2H3,(H,13,18). The monoisotopic (exact) mass is 279 g/mol. The van der Waals surface area contributed by atoms with Gasteiger partial charge in [0.2, 0.25) is 5.91 Å². The Labute approximate surface area is 116 Å². The van der Waals surface area contributed by atoms with Crippen LogP contribution < -0.4 is 5.32 Å². The van der Waals surface area contributed by atoms with Crippen LogP contribution in [0.5, 0.6) is 0 Å². The van der Waals surface area contributed by atoms with E-state index in [4.69, 9.17) is 6.42 Å². The molecule has 1 N–H and O–H groups in total. The molecule has 0 bridgehead atoms. The van der Waals surface area contributed by atoms with Gasteiger partial charge in [-0.3, -0.25) is 24.5 Å². The minimum absolute atomic E-state index is 0.0337. The molecule has 0 aromatic carbocycles. The summed E-state index contributed by atoms with van der Waals surface area (Å²) in [4.78, 5) is 23.5.